The molecule has 152 valence electrons. The van der Waals surface area contributed by atoms with Crippen molar-refractivity contribution in [2.45, 2.75) is 91.6 Å². The van der Waals surface area contributed by atoms with Crippen LogP contribution in [0.2, 0.25) is 0 Å². The van der Waals surface area contributed by atoms with E-state index in [4.69, 9.17) is 14.2 Å². The van der Waals surface area contributed by atoms with Crippen molar-refractivity contribution in [3.63, 3.8) is 0 Å². The standard InChI is InChI=1S/C22H34O5/c1-8-15(5)21(24)26-18-12-10-14(4)9-11-17(13(2)3)19(25-16(6)23)20-22(18,7)27-20/h8,10,13,17-20H,9,11-12H2,1-7H3/b14-10+,15-8-/t17-,18+,19-,20+,22+/m0/s1. The van der Waals surface area contributed by atoms with Crippen molar-refractivity contribution in [3.05, 3.63) is 23.3 Å². The fourth-order valence-corrected chi connectivity index (χ4v) is 3.88. The molecule has 1 fully saturated rings. The number of esters is 2. The van der Waals surface area contributed by atoms with Gasteiger partial charge in [-0.1, -0.05) is 31.6 Å². The third-order valence-corrected chi connectivity index (χ3v) is 5.96. The molecule has 0 unspecified atom stereocenters. The van der Waals surface area contributed by atoms with Crippen molar-refractivity contribution in [1.29, 1.82) is 0 Å². The van der Waals surface area contributed by atoms with E-state index < -0.39 is 11.7 Å². The number of rotatable bonds is 4. The predicted octanol–water partition coefficient (Wildman–Crippen LogP) is 4.36. The zero-order valence-electron chi connectivity index (χ0n) is 17.7. The summed E-state index contributed by atoms with van der Waals surface area (Å²) in [7, 11) is 0. The molecular formula is C22H34O5. The Morgan fingerprint density at radius 3 is 2.52 bits per heavy atom. The molecule has 0 radical (unpaired) electrons. The largest absolute Gasteiger partial charge is 0.459 e. The summed E-state index contributed by atoms with van der Waals surface area (Å²) >= 11 is 0. The average Bonchev–Trinajstić information content (AvgIpc) is 3.28. The minimum absolute atomic E-state index is 0.191. The summed E-state index contributed by atoms with van der Waals surface area (Å²) < 4.78 is 17.6. The molecule has 0 spiro atoms. The average molecular weight is 379 g/mol. The van der Waals surface area contributed by atoms with Gasteiger partial charge in [-0.25, -0.2) is 4.79 Å². The Morgan fingerprint density at radius 1 is 1.30 bits per heavy atom. The van der Waals surface area contributed by atoms with Crippen LogP contribution in [0.25, 0.3) is 0 Å². The smallest absolute Gasteiger partial charge is 0.333 e. The molecule has 0 saturated carbocycles. The SMILES string of the molecule is C/C=C(/C)C(=O)O[C@@H]1C/C=C(\C)CC[C@@H](C(C)C)[C@H](OC(C)=O)[C@H]2O[C@@]21C. The fraction of sp³-hybridized carbons (Fsp3) is 0.727. The fourth-order valence-electron chi connectivity index (χ4n) is 3.88. The topological polar surface area (TPSA) is 65.1 Å². The first-order chi connectivity index (χ1) is 12.6. The maximum Gasteiger partial charge on any atom is 0.333 e. The van der Waals surface area contributed by atoms with E-state index in [1.807, 2.05) is 13.8 Å². The molecule has 2 aliphatic rings. The zero-order valence-corrected chi connectivity index (χ0v) is 17.7. The first-order valence-corrected chi connectivity index (χ1v) is 9.94. The maximum atomic E-state index is 12.4. The highest BCUT2D eigenvalue weighted by molar-refractivity contribution is 5.87. The molecule has 1 aliphatic carbocycles. The van der Waals surface area contributed by atoms with E-state index in [-0.39, 0.29) is 30.1 Å². The van der Waals surface area contributed by atoms with Crippen LogP contribution in [-0.2, 0) is 23.8 Å². The molecule has 0 aromatic rings. The van der Waals surface area contributed by atoms with Crippen LogP contribution < -0.4 is 0 Å². The van der Waals surface area contributed by atoms with Gasteiger partial charge in [-0.05, 0) is 46.5 Å². The van der Waals surface area contributed by atoms with E-state index in [0.29, 0.717) is 17.9 Å². The second-order valence-electron chi connectivity index (χ2n) is 8.39. The molecule has 0 aromatic heterocycles. The van der Waals surface area contributed by atoms with Gasteiger partial charge in [-0.3, -0.25) is 4.79 Å². The number of hydrogen-bond acceptors (Lipinski definition) is 5. The van der Waals surface area contributed by atoms with E-state index in [9.17, 15) is 9.59 Å². The molecule has 5 heteroatoms. The van der Waals surface area contributed by atoms with Crippen LogP contribution >= 0.6 is 0 Å². The lowest BCUT2D eigenvalue weighted by Gasteiger charge is -2.31. The highest BCUT2D eigenvalue weighted by Gasteiger charge is 2.64. The Kier molecular flexibility index (Phi) is 6.90. The summed E-state index contributed by atoms with van der Waals surface area (Å²) in [6.07, 6.45) is 5.36. The van der Waals surface area contributed by atoms with Crippen molar-refractivity contribution in [2.75, 3.05) is 0 Å². The zero-order chi connectivity index (χ0) is 20.4. The van der Waals surface area contributed by atoms with E-state index >= 15 is 0 Å². The van der Waals surface area contributed by atoms with Crippen LogP contribution in [0.3, 0.4) is 0 Å². The Balaban J connectivity index is 2.35. The van der Waals surface area contributed by atoms with Crippen molar-refractivity contribution < 1.29 is 23.8 Å². The third kappa shape index (κ3) is 5.01. The van der Waals surface area contributed by atoms with Gasteiger partial charge in [0.2, 0.25) is 0 Å². The first kappa shape index (κ1) is 21.7. The van der Waals surface area contributed by atoms with E-state index in [1.165, 1.54) is 12.5 Å². The number of fused-ring (bicyclic) bond motifs is 1. The predicted molar refractivity (Wildman–Crippen MR) is 104 cm³/mol. The minimum atomic E-state index is -0.648. The Labute approximate surface area is 163 Å². The molecule has 2 rings (SSSR count). The number of epoxide rings is 1. The molecule has 0 amide bonds. The van der Waals surface area contributed by atoms with Crippen LogP contribution in [0.4, 0.5) is 0 Å². The maximum absolute atomic E-state index is 12.4. The van der Waals surface area contributed by atoms with Gasteiger partial charge in [0.25, 0.3) is 0 Å². The highest BCUT2D eigenvalue weighted by Crippen LogP contribution is 2.49. The van der Waals surface area contributed by atoms with Gasteiger partial charge < -0.3 is 14.2 Å². The summed E-state index contributed by atoms with van der Waals surface area (Å²) in [6, 6.07) is 0. The molecule has 0 aromatic carbocycles. The van der Waals surface area contributed by atoms with Crippen molar-refractivity contribution >= 4 is 11.9 Å². The second-order valence-corrected chi connectivity index (χ2v) is 8.39. The van der Waals surface area contributed by atoms with Gasteiger partial charge in [-0.15, -0.1) is 0 Å². The molecule has 0 bridgehead atoms. The molecule has 5 atom stereocenters. The molecular weight excluding hydrogens is 344 g/mol. The van der Waals surface area contributed by atoms with Gasteiger partial charge in [0.15, 0.2) is 0 Å². The Morgan fingerprint density at radius 2 is 1.96 bits per heavy atom. The second kappa shape index (κ2) is 8.59. The van der Waals surface area contributed by atoms with Crippen LogP contribution in [0.5, 0.6) is 0 Å². The van der Waals surface area contributed by atoms with Gasteiger partial charge in [0.05, 0.1) is 0 Å². The normalized spacial score (nSPS) is 36.3. The lowest BCUT2D eigenvalue weighted by atomic mass is 9.79. The molecule has 5 nitrogen and oxygen atoms in total. The summed E-state index contributed by atoms with van der Waals surface area (Å²) in [5, 5.41) is 0. The van der Waals surface area contributed by atoms with E-state index in [2.05, 4.69) is 26.8 Å². The van der Waals surface area contributed by atoms with E-state index in [0.717, 1.165) is 12.8 Å². The monoisotopic (exact) mass is 378 g/mol. The van der Waals surface area contributed by atoms with Gasteiger partial charge in [-0.2, -0.15) is 0 Å². The lowest BCUT2D eigenvalue weighted by Crippen LogP contribution is -2.42. The Bertz CT molecular complexity index is 633. The van der Waals surface area contributed by atoms with Crippen molar-refractivity contribution in [3.8, 4) is 0 Å². The molecule has 0 N–H and O–H groups in total. The van der Waals surface area contributed by atoms with Crippen LogP contribution in [0, 0.1) is 11.8 Å². The van der Waals surface area contributed by atoms with Gasteiger partial charge >= 0.3 is 11.9 Å². The first-order valence-electron chi connectivity index (χ1n) is 9.94. The Hall–Kier alpha value is -1.62. The van der Waals surface area contributed by atoms with Crippen molar-refractivity contribution in [1.82, 2.24) is 0 Å². The number of hydrogen-bond donors (Lipinski definition) is 0. The van der Waals surface area contributed by atoms with Crippen LogP contribution in [0.15, 0.2) is 23.3 Å². The highest BCUT2D eigenvalue weighted by atomic mass is 16.7. The summed E-state index contributed by atoms with van der Waals surface area (Å²) in [5.41, 5.74) is 1.18. The third-order valence-electron chi connectivity index (χ3n) is 5.96. The number of allylic oxidation sites excluding steroid dienone is 2. The van der Waals surface area contributed by atoms with Crippen LogP contribution in [-0.4, -0.2) is 35.9 Å². The molecule has 27 heavy (non-hydrogen) atoms. The van der Waals surface area contributed by atoms with Crippen LogP contribution in [0.1, 0.15) is 67.7 Å². The molecule has 1 heterocycles. The molecule has 1 aliphatic heterocycles. The summed E-state index contributed by atoms with van der Waals surface area (Å²) in [6.45, 7) is 13.4. The number of carbonyl (C=O) groups excluding carboxylic acids is 2. The number of ether oxygens (including phenoxy) is 3. The van der Waals surface area contributed by atoms with E-state index in [1.54, 1.807) is 13.0 Å². The lowest BCUT2D eigenvalue weighted by molar-refractivity contribution is -0.152. The van der Waals surface area contributed by atoms with Gasteiger partial charge in [0, 0.05) is 24.8 Å². The quantitative estimate of drug-likeness (QED) is 0.315. The van der Waals surface area contributed by atoms with Gasteiger partial charge in [0.1, 0.15) is 23.9 Å². The molecule has 1 saturated heterocycles. The van der Waals surface area contributed by atoms with Crippen molar-refractivity contribution in [2.24, 2.45) is 11.8 Å². The number of carbonyl (C=O) groups is 2. The summed E-state index contributed by atoms with van der Waals surface area (Å²) in [5.74, 6) is -0.0891. The minimum Gasteiger partial charge on any atom is -0.459 e. The summed E-state index contributed by atoms with van der Waals surface area (Å²) in [4.78, 5) is 24.1.